The highest BCUT2D eigenvalue weighted by Crippen LogP contribution is 2.26. The molecule has 1 heterocycles. The Labute approximate surface area is 146 Å². The van der Waals surface area contributed by atoms with E-state index in [4.69, 9.17) is 5.26 Å². The molecule has 0 saturated carbocycles. The zero-order valence-electron chi connectivity index (χ0n) is 12.3. The lowest BCUT2D eigenvalue weighted by molar-refractivity contribution is 0.263. The Morgan fingerprint density at radius 3 is 2.82 bits per heavy atom. The number of hydrogen-bond donors (Lipinski definition) is 1. The second-order valence-electron chi connectivity index (χ2n) is 5.22. The van der Waals surface area contributed by atoms with Gasteiger partial charge in [0.1, 0.15) is 0 Å². The lowest BCUT2D eigenvalue weighted by Gasteiger charge is -2.31. The number of nitrogens with one attached hydrogen (secondary N) is 1. The molecule has 122 valence electrons. The molecule has 1 aliphatic rings. The quantitative estimate of drug-likeness (QED) is 0.830. The van der Waals surface area contributed by atoms with Crippen LogP contribution < -0.4 is 5.32 Å². The fraction of sp³-hybridized carbons (Fsp3) is 0.500. The largest absolute Gasteiger partial charge is 0.319 e. The van der Waals surface area contributed by atoms with E-state index in [9.17, 15) is 8.42 Å². The van der Waals surface area contributed by atoms with E-state index in [1.54, 1.807) is 12.1 Å². The molecule has 1 aromatic rings. The number of halogens is 2. The summed E-state index contributed by atoms with van der Waals surface area (Å²) in [7, 11) is -1.67. The van der Waals surface area contributed by atoms with Crippen LogP contribution >= 0.6 is 28.3 Å². The SMILES string of the molecule is CNCC1CCCN(S(=O)(=O)c2cc(Br)cc(C#N)c2)C1.Cl. The smallest absolute Gasteiger partial charge is 0.243 e. The minimum Gasteiger partial charge on any atom is -0.319 e. The van der Waals surface area contributed by atoms with Gasteiger partial charge in [0.2, 0.25) is 10.0 Å². The first-order valence-corrected chi connectivity index (χ1v) is 9.06. The molecular weight excluding hydrogens is 390 g/mol. The van der Waals surface area contributed by atoms with Crippen molar-refractivity contribution in [3.05, 3.63) is 28.2 Å². The highest BCUT2D eigenvalue weighted by Gasteiger charge is 2.30. The first-order chi connectivity index (χ1) is 9.97. The van der Waals surface area contributed by atoms with E-state index < -0.39 is 10.0 Å². The Balaban J connectivity index is 0.00000242. The average molecular weight is 409 g/mol. The third-order valence-corrected chi connectivity index (χ3v) is 5.91. The van der Waals surface area contributed by atoms with E-state index in [0.29, 0.717) is 29.0 Å². The van der Waals surface area contributed by atoms with Crippen LogP contribution in [-0.4, -0.2) is 39.4 Å². The van der Waals surface area contributed by atoms with Crippen molar-refractivity contribution in [2.45, 2.75) is 17.7 Å². The number of benzene rings is 1. The molecule has 8 heteroatoms. The minimum atomic E-state index is -3.54. The topological polar surface area (TPSA) is 73.2 Å². The van der Waals surface area contributed by atoms with E-state index in [0.717, 1.165) is 19.4 Å². The van der Waals surface area contributed by atoms with Gasteiger partial charge < -0.3 is 5.32 Å². The highest BCUT2D eigenvalue weighted by atomic mass is 79.9. The monoisotopic (exact) mass is 407 g/mol. The van der Waals surface area contributed by atoms with Crippen LogP contribution in [0.3, 0.4) is 0 Å². The van der Waals surface area contributed by atoms with Crippen LogP contribution in [0.25, 0.3) is 0 Å². The summed E-state index contributed by atoms with van der Waals surface area (Å²) >= 11 is 3.26. The number of nitriles is 1. The second kappa shape index (κ2) is 8.27. The van der Waals surface area contributed by atoms with Crippen molar-refractivity contribution in [2.75, 3.05) is 26.7 Å². The Hall–Kier alpha value is -0.650. The molecule has 0 amide bonds. The Kier molecular flexibility index (Phi) is 7.29. The van der Waals surface area contributed by atoms with Crippen LogP contribution in [0.1, 0.15) is 18.4 Å². The fourth-order valence-corrected chi connectivity index (χ4v) is 4.90. The van der Waals surface area contributed by atoms with Gasteiger partial charge in [0.05, 0.1) is 16.5 Å². The van der Waals surface area contributed by atoms with Crippen molar-refractivity contribution in [1.29, 1.82) is 5.26 Å². The number of sulfonamides is 1. The van der Waals surface area contributed by atoms with Gasteiger partial charge in [-0.25, -0.2) is 8.42 Å². The zero-order valence-corrected chi connectivity index (χ0v) is 15.5. The summed E-state index contributed by atoms with van der Waals surface area (Å²) < 4.78 is 27.6. The summed E-state index contributed by atoms with van der Waals surface area (Å²) in [6.07, 6.45) is 1.90. The van der Waals surface area contributed by atoms with Gasteiger partial charge in [0, 0.05) is 17.6 Å². The number of rotatable bonds is 4. The fourth-order valence-electron chi connectivity index (χ4n) is 2.63. The molecule has 0 bridgehead atoms. The molecule has 0 radical (unpaired) electrons. The lowest BCUT2D eigenvalue weighted by Crippen LogP contribution is -2.42. The maximum absolute atomic E-state index is 12.7. The van der Waals surface area contributed by atoms with E-state index in [2.05, 4.69) is 21.2 Å². The van der Waals surface area contributed by atoms with Gasteiger partial charge in [0.15, 0.2) is 0 Å². The van der Waals surface area contributed by atoms with Gasteiger partial charge in [-0.3, -0.25) is 0 Å². The van der Waals surface area contributed by atoms with Crippen molar-refractivity contribution in [1.82, 2.24) is 9.62 Å². The standard InChI is InChI=1S/C14H18BrN3O2S.ClH/c1-17-9-11-3-2-4-18(10-11)21(19,20)14-6-12(8-16)5-13(15)7-14;/h5-7,11,17H,2-4,9-10H2,1H3;1H. The average Bonchev–Trinajstić information content (AvgIpc) is 2.47. The molecule has 2 rings (SSSR count). The summed E-state index contributed by atoms with van der Waals surface area (Å²) in [5, 5.41) is 12.1. The van der Waals surface area contributed by atoms with E-state index in [1.165, 1.54) is 10.4 Å². The molecule has 22 heavy (non-hydrogen) atoms. The predicted molar refractivity (Wildman–Crippen MR) is 91.5 cm³/mol. The van der Waals surface area contributed by atoms with E-state index in [1.807, 2.05) is 13.1 Å². The maximum Gasteiger partial charge on any atom is 0.243 e. The van der Waals surface area contributed by atoms with Gasteiger partial charge in [0.25, 0.3) is 0 Å². The minimum absolute atomic E-state index is 0. The molecule has 0 spiro atoms. The molecular formula is C14H19BrClN3O2S. The van der Waals surface area contributed by atoms with Crippen LogP contribution in [0.4, 0.5) is 0 Å². The molecule has 1 N–H and O–H groups in total. The molecule has 1 fully saturated rings. The van der Waals surface area contributed by atoms with Crippen LogP contribution in [0, 0.1) is 17.2 Å². The number of nitrogens with zero attached hydrogens (tertiary/aromatic N) is 2. The van der Waals surface area contributed by atoms with Crippen LogP contribution in [0.5, 0.6) is 0 Å². The van der Waals surface area contributed by atoms with Crippen LogP contribution in [0.2, 0.25) is 0 Å². The Bertz CT molecular complexity index is 659. The van der Waals surface area contributed by atoms with Crippen molar-refractivity contribution >= 4 is 38.4 Å². The highest BCUT2D eigenvalue weighted by molar-refractivity contribution is 9.10. The van der Waals surface area contributed by atoms with Gasteiger partial charge in [-0.15, -0.1) is 12.4 Å². The van der Waals surface area contributed by atoms with Crippen molar-refractivity contribution in [2.24, 2.45) is 5.92 Å². The van der Waals surface area contributed by atoms with Gasteiger partial charge in [-0.05, 0) is 50.6 Å². The van der Waals surface area contributed by atoms with Crippen molar-refractivity contribution < 1.29 is 8.42 Å². The van der Waals surface area contributed by atoms with E-state index >= 15 is 0 Å². The van der Waals surface area contributed by atoms with Crippen LogP contribution in [-0.2, 0) is 10.0 Å². The van der Waals surface area contributed by atoms with Crippen molar-refractivity contribution in [3.63, 3.8) is 0 Å². The summed E-state index contributed by atoms with van der Waals surface area (Å²) in [5.74, 6) is 0.334. The van der Waals surface area contributed by atoms with Gasteiger partial charge in [-0.1, -0.05) is 15.9 Å². The summed E-state index contributed by atoms with van der Waals surface area (Å²) in [5.41, 5.74) is 0.340. The zero-order chi connectivity index (χ0) is 15.5. The maximum atomic E-state index is 12.7. The Morgan fingerprint density at radius 1 is 1.45 bits per heavy atom. The predicted octanol–water partition coefficient (Wildman–Crippen LogP) is 2.36. The molecule has 1 saturated heterocycles. The molecule has 0 aliphatic carbocycles. The third-order valence-electron chi connectivity index (χ3n) is 3.61. The summed E-state index contributed by atoms with van der Waals surface area (Å²) in [4.78, 5) is 0.179. The molecule has 5 nitrogen and oxygen atoms in total. The van der Waals surface area contributed by atoms with Crippen molar-refractivity contribution in [3.8, 4) is 6.07 Å². The molecule has 1 atom stereocenters. The van der Waals surface area contributed by atoms with Crippen LogP contribution in [0.15, 0.2) is 27.6 Å². The third kappa shape index (κ3) is 4.43. The van der Waals surface area contributed by atoms with E-state index in [-0.39, 0.29) is 17.3 Å². The molecule has 1 aliphatic heterocycles. The first kappa shape index (κ1) is 19.4. The molecule has 0 aromatic heterocycles. The second-order valence-corrected chi connectivity index (χ2v) is 8.07. The Morgan fingerprint density at radius 2 is 2.18 bits per heavy atom. The summed E-state index contributed by atoms with van der Waals surface area (Å²) in [6, 6.07) is 6.59. The number of hydrogen-bond acceptors (Lipinski definition) is 4. The first-order valence-electron chi connectivity index (χ1n) is 6.83. The van der Waals surface area contributed by atoms with Gasteiger partial charge >= 0.3 is 0 Å². The number of piperidine rings is 1. The normalized spacial score (nSPS) is 19.2. The molecule has 1 aromatic carbocycles. The molecule has 1 unspecified atom stereocenters. The summed E-state index contributed by atoms with van der Waals surface area (Å²) in [6.45, 7) is 1.88. The van der Waals surface area contributed by atoms with Gasteiger partial charge in [-0.2, -0.15) is 9.57 Å². The lowest BCUT2D eigenvalue weighted by atomic mass is 10.00.